The molecule has 3 N–H and O–H groups in total. The maximum Gasteiger partial charge on any atom is 0.410 e. The lowest BCUT2D eigenvalue weighted by atomic mass is 9.98. The molecule has 1 aliphatic rings. The van der Waals surface area contributed by atoms with Crippen LogP contribution in [0.15, 0.2) is 4.99 Å². The molecule has 32 heavy (non-hydrogen) atoms. The Kier molecular flexibility index (Phi) is 14.0. The van der Waals surface area contributed by atoms with E-state index in [2.05, 4.69) is 16.0 Å². The monoisotopic (exact) mass is 569 g/mol. The highest BCUT2D eigenvalue weighted by molar-refractivity contribution is 14.0. The van der Waals surface area contributed by atoms with E-state index in [0.717, 1.165) is 38.3 Å². The van der Waals surface area contributed by atoms with E-state index < -0.39 is 17.3 Å². The lowest BCUT2D eigenvalue weighted by Crippen LogP contribution is -2.44. The third-order valence-electron chi connectivity index (χ3n) is 4.34. The zero-order valence-electron chi connectivity index (χ0n) is 20.9. The first-order chi connectivity index (χ1) is 14.4. The van der Waals surface area contributed by atoms with Crippen LogP contribution in [0.5, 0.6) is 0 Å². The molecule has 9 nitrogen and oxygen atoms in total. The van der Waals surface area contributed by atoms with Gasteiger partial charge in [-0.25, -0.2) is 9.59 Å². The summed E-state index contributed by atoms with van der Waals surface area (Å²) in [7, 11) is 0. The van der Waals surface area contributed by atoms with Crippen LogP contribution < -0.4 is 16.0 Å². The Balaban J connectivity index is 0.00000961. The molecule has 0 aromatic rings. The van der Waals surface area contributed by atoms with Gasteiger partial charge in [0.25, 0.3) is 0 Å². The molecule has 0 bridgehead atoms. The van der Waals surface area contributed by atoms with E-state index in [0.29, 0.717) is 32.1 Å². The first kappa shape index (κ1) is 30.5. The van der Waals surface area contributed by atoms with Gasteiger partial charge in [-0.1, -0.05) is 0 Å². The second kappa shape index (κ2) is 14.6. The number of carbonyl (C=O) groups excluding carboxylic acids is 2. The Bertz CT molecular complexity index is 602. The van der Waals surface area contributed by atoms with Crippen LogP contribution >= 0.6 is 24.0 Å². The number of piperidine rings is 1. The Morgan fingerprint density at radius 1 is 1.00 bits per heavy atom. The zero-order chi connectivity index (χ0) is 23.5. The zero-order valence-corrected chi connectivity index (χ0v) is 23.2. The topological polar surface area (TPSA) is 104 Å². The number of halogens is 1. The quantitative estimate of drug-likeness (QED) is 0.187. The minimum absolute atomic E-state index is 0. The number of alkyl carbamates (subject to hydrolysis) is 1. The number of aliphatic imine (C=N–C) groups is 1. The molecule has 0 aliphatic carbocycles. The molecule has 1 fully saturated rings. The smallest absolute Gasteiger partial charge is 0.410 e. The first-order valence-corrected chi connectivity index (χ1v) is 11.4. The summed E-state index contributed by atoms with van der Waals surface area (Å²) in [4.78, 5) is 30.5. The number of amides is 2. The Morgan fingerprint density at radius 2 is 1.62 bits per heavy atom. The van der Waals surface area contributed by atoms with Crippen molar-refractivity contribution in [2.24, 2.45) is 10.9 Å². The van der Waals surface area contributed by atoms with Crippen LogP contribution in [0.1, 0.15) is 67.7 Å². The molecule has 0 saturated carbocycles. The molecule has 1 aliphatic heterocycles. The van der Waals surface area contributed by atoms with E-state index in [1.54, 1.807) is 4.90 Å². The van der Waals surface area contributed by atoms with Gasteiger partial charge in [0.05, 0.1) is 0 Å². The molecule has 188 valence electrons. The van der Waals surface area contributed by atoms with Crippen LogP contribution in [0, 0.1) is 5.92 Å². The maximum atomic E-state index is 12.3. The molecule has 1 unspecified atom stereocenters. The fourth-order valence-corrected chi connectivity index (χ4v) is 3.07. The highest BCUT2D eigenvalue weighted by Gasteiger charge is 2.27. The predicted octanol–water partition coefficient (Wildman–Crippen LogP) is 3.72. The van der Waals surface area contributed by atoms with Gasteiger partial charge in [-0.2, -0.15) is 0 Å². The molecule has 0 radical (unpaired) electrons. The fourth-order valence-electron chi connectivity index (χ4n) is 3.07. The summed E-state index contributed by atoms with van der Waals surface area (Å²) in [6.45, 7) is 17.2. The molecule has 1 rings (SSSR count). The van der Waals surface area contributed by atoms with E-state index in [4.69, 9.17) is 14.5 Å². The number of guanidine groups is 1. The van der Waals surface area contributed by atoms with Crippen LogP contribution in [-0.2, 0) is 9.47 Å². The average molecular weight is 570 g/mol. The second-order valence-corrected chi connectivity index (χ2v) is 9.86. The van der Waals surface area contributed by atoms with Crippen molar-refractivity contribution in [3.05, 3.63) is 0 Å². The molecule has 1 saturated heterocycles. The lowest BCUT2D eigenvalue weighted by Gasteiger charge is -2.33. The van der Waals surface area contributed by atoms with Gasteiger partial charge in [-0.15, -0.1) is 24.0 Å². The van der Waals surface area contributed by atoms with Crippen molar-refractivity contribution in [3.63, 3.8) is 0 Å². The summed E-state index contributed by atoms with van der Waals surface area (Å²) in [6.07, 6.45) is 2.10. The van der Waals surface area contributed by atoms with E-state index in [9.17, 15) is 9.59 Å². The second-order valence-electron chi connectivity index (χ2n) is 9.86. The van der Waals surface area contributed by atoms with Crippen molar-refractivity contribution in [2.75, 3.05) is 39.3 Å². The number of likely N-dealkylation sites (tertiary alicyclic amines) is 1. The van der Waals surface area contributed by atoms with Gasteiger partial charge >= 0.3 is 12.2 Å². The minimum atomic E-state index is -0.495. The van der Waals surface area contributed by atoms with Crippen molar-refractivity contribution in [3.8, 4) is 0 Å². The van der Waals surface area contributed by atoms with Crippen LogP contribution in [0.2, 0.25) is 0 Å². The molecule has 1 heterocycles. The fraction of sp³-hybridized carbons (Fsp3) is 0.864. The Labute approximate surface area is 210 Å². The third-order valence-corrected chi connectivity index (χ3v) is 4.34. The molecule has 0 aromatic carbocycles. The maximum absolute atomic E-state index is 12.3. The van der Waals surface area contributed by atoms with E-state index in [-0.39, 0.29) is 30.1 Å². The van der Waals surface area contributed by atoms with Gasteiger partial charge in [0.15, 0.2) is 5.96 Å². The van der Waals surface area contributed by atoms with Crippen molar-refractivity contribution in [1.82, 2.24) is 20.9 Å². The molecular formula is C22H44IN5O4. The Hall–Kier alpha value is -1.46. The summed E-state index contributed by atoms with van der Waals surface area (Å²) in [5.41, 5.74) is -0.978. The van der Waals surface area contributed by atoms with Crippen LogP contribution in [0.25, 0.3) is 0 Å². The first-order valence-electron chi connectivity index (χ1n) is 11.4. The molecule has 10 heteroatoms. The predicted molar refractivity (Wildman–Crippen MR) is 139 cm³/mol. The van der Waals surface area contributed by atoms with Crippen molar-refractivity contribution < 1.29 is 19.1 Å². The van der Waals surface area contributed by atoms with Gasteiger partial charge in [0.1, 0.15) is 11.2 Å². The van der Waals surface area contributed by atoms with Gasteiger partial charge < -0.3 is 30.3 Å². The van der Waals surface area contributed by atoms with Crippen LogP contribution in [0.4, 0.5) is 9.59 Å². The third kappa shape index (κ3) is 14.6. The molecule has 1 atom stereocenters. The van der Waals surface area contributed by atoms with Gasteiger partial charge in [-0.05, 0) is 73.6 Å². The van der Waals surface area contributed by atoms with E-state index >= 15 is 0 Å². The van der Waals surface area contributed by atoms with Crippen LogP contribution in [0.3, 0.4) is 0 Å². The number of hydrogen-bond donors (Lipinski definition) is 3. The minimum Gasteiger partial charge on any atom is -0.444 e. The number of rotatable bonds is 7. The molecule has 0 spiro atoms. The Morgan fingerprint density at radius 3 is 2.22 bits per heavy atom. The van der Waals surface area contributed by atoms with E-state index in [1.165, 1.54) is 0 Å². The molecular weight excluding hydrogens is 525 g/mol. The lowest BCUT2D eigenvalue weighted by molar-refractivity contribution is 0.0170. The van der Waals surface area contributed by atoms with Gasteiger partial charge in [0.2, 0.25) is 0 Å². The van der Waals surface area contributed by atoms with Gasteiger partial charge in [-0.3, -0.25) is 4.99 Å². The average Bonchev–Trinajstić information content (AvgIpc) is 2.63. The number of hydrogen-bond acceptors (Lipinski definition) is 5. The number of nitrogens with one attached hydrogen (secondary N) is 3. The van der Waals surface area contributed by atoms with E-state index in [1.807, 2.05) is 48.5 Å². The van der Waals surface area contributed by atoms with Crippen molar-refractivity contribution >= 4 is 42.1 Å². The molecule has 0 aromatic heterocycles. The van der Waals surface area contributed by atoms with Crippen molar-refractivity contribution in [1.29, 1.82) is 0 Å². The normalized spacial score (nSPS) is 17.2. The highest BCUT2D eigenvalue weighted by Crippen LogP contribution is 2.19. The summed E-state index contributed by atoms with van der Waals surface area (Å²) >= 11 is 0. The highest BCUT2D eigenvalue weighted by atomic mass is 127. The van der Waals surface area contributed by atoms with Gasteiger partial charge in [0, 0.05) is 39.3 Å². The van der Waals surface area contributed by atoms with Crippen LogP contribution in [-0.4, -0.2) is 73.5 Å². The molecule has 2 amide bonds. The summed E-state index contributed by atoms with van der Waals surface area (Å²) < 4.78 is 10.7. The standard InChI is InChI=1S/C22H43N5O4.HI/c1-8-23-18(24-12-10-13-25-19(28)30-21(2,3)4)26-15-17-11-9-14-27(16-17)20(29)31-22(5,6)7;/h17H,8-16H2,1-7H3,(H,25,28)(H2,23,24,26);1H. The van der Waals surface area contributed by atoms with Crippen molar-refractivity contribution in [2.45, 2.75) is 78.9 Å². The largest absolute Gasteiger partial charge is 0.444 e. The summed E-state index contributed by atoms with van der Waals surface area (Å²) in [5.74, 6) is 1.06. The number of ether oxygens (including phenoxy) is 2. The number of nitrogens with zero attached hydrogens (tertiary/aromatic N) is 2. The summed E-state index contributed by atoms with van der Waals surface area (Å²) in [5, 5.41) is 9.28. The summed E-state index contributed by atoms with van der Waals surface area (Å²) in [6, 6.07) is 0. The SMILES string of the molecule is CCNC(=NCC1CCCN(C(=O)OC(C)(C)C)C1)NCCCNC(=O)OC(C)(C)C.I. The number of carbonyl (C=O) groups is 2.